The minimum atomic E-state index is -0.873. The van der Waals surface area contributed by atoms with E-state index in [1.165, 1.54) is 24.8 Å². The lowest BCUT2D eigenvalue weighted by Crippen LogP contribution is -2.17. The average Bonchev–Trinajstić information content (AvgIpc) is 2.71. The number of ether oxygens (including phenoxy) is 3. The summed E-state index contributed by atoms with van der Waals surface area (Å²) in [5.74, 6) is 0.0489. The molecular weight excluding hydrogens is 356 g/mol. The van der Waals surface area contributed by atoms with Gasteiger partial charge in [-0.3, -0.25) is 0 Å². The number of methoxy groups -OCH3 is 1. The standard InChI is InChI=1S/C23H28O5/c1-4-6-11-17-12-10-16-20(18(17)13-7-5-2)27-23(25)28-21-15-9-8-14-19(21)22(24)26-3/h8-10,12,14-16H,4-7,11,13H2,1-3H3. The molecule has 0 aromatic heterocycles. The fraction of sp³-hybridized carbons (Fsp3) is 0.391. The number of carbonyl (C=O) groups excluding carboxylic acids is 2. The van der Waals surface area contributed by atoms with Crippen molar-refractivity contribution in [2.24, 2.45) is 0 Å². The molecule has 2 aromatic rings. The molecule has 2 aromatic carbocycles. The zero-order valence-corrected chi connectivity index (χ0v) is 16.8. The van der Waals surface area contributed by atoms with Crippen LogP contribution in [0.15, 0.2) is 42.5 Å². The summed E-state index contributed by atoms with van der Waals surface area (Å²) in [7, 11) is 1.28. The fourth-order valence-electron chi connectivity index (χ4n) is 2.98. The summed E-state index contributed by atoms with van der Waals surface area (Å²) >= 11 is 0. The van der Waals surface area contributed by atoms with Gasteiger partial charge in [0.15, 0.2) is 0 Å². The third kappa shape index (κ3) is 5.84. The summed E-state index contributed by atoms with van der Waals surface area (Å²) in [5, 5.41) is 0. The summed E-state index contributed by atoms with van der Waals surface area (Å²) in [5.41, 5.74) is 2.43. The lowest BCUT2D eigenvalue weighted by molar-refractivity contribution is 0.0597. The number of carbonyl (C=O) groups is 2. The Kier molecular flexibility index (Phi) is 8.53. The highest BCUT2D eigenvalue weighted by Crippen LogP contribution is 2.27. The maximum Gasteiger partial charge on any atom is 0.519 e. The summed E-state index contributed by atoms with van der Waals surface area (Å²) in [6, 6.07) is 12.2. The minimum Gasteiger partial charge on any atom is -0.465 e. The van der Waals surface area contributed by atoms with Crippen LogP contribution in [-0.2, 0) is 17.6 Å². The largest absolute Gasteiger partial charge is 0.519 e. The van der Waals surface area contributed by atoms with Crippen molar-refractivity contribution in [2.45, 2.75) is 52.4 Å². The number of hydrogen-bond donors (Lipinski definition) is 0. The van der Waals surface area contributed by atoms with Gasteiger partial charge >= 0.3 is 12.1 Å². The van der Waals surface area contributed by atoms with Crippen LogP contribution in [0.2, 0.25) is 0 Å². The molecule has 5 nitrogen and oxygen atoms in total. The monoisotopic (exact) mass is 384 g/mol. The van der Waals surface area contributed by atoms with Gasteiger partial charge in [0.05, 0.1) is 7.11 Å². The van der Waals surface area contributed by atoms with Crippen molar-refractivity contribution in [1.82, 2.24) is 0 Å². The van der Waals surface area contributed by atoms with Crippen LogP contribution >= 0.6 is 0 Å². The Hall–Kier alpha value is -2.82. The van der Waals surface area contributed by atoms with Gasteiger partial charge in [0.2, 0.25) is 0 Å². The van der Waals surface area contributed by atoms with E-state index in [1.54, 1.807) is 18.2 Å². The van der Waals surface area contributed by atoms with Gasteiger partial charge in [-0.1, -0.05) is 51.0 Å². The zero-order valence-electron chi connectivity index (χ0n) is 16.8. The molecule has 0 aliphatic heterocycles. The topological polar surface area (TPSA) is 61.8 Å². The molecule has 0 saturated heterocycles. The van der Waals surface area contributed by atoms with E-state index < -0.39 is 12.1 Å². The van der Waals surface area contributed by atoms with E-state index in [9.17, 15) is 9.59 Å². The summed E-state index contributed by atoms with van der Waals surface area (Å²) in [6.07, 6.45) is 5.18. The van der Waals surface area contributed by atoms with Crippen molar-refractivity contribution >= 4 is 12.1 Å². The molecule has 0 bridgehead atoms. The highest BCUT2D eigenvalue weighted by molar-refractivity contribution is 5.93. The van der Waals surface area contributed by atoms with Gasteiger partial charge < -0.3 is 14.2 Å². The van der Waals surface area contributed by atoms with Gasteiger partial charge in [0.1, 0.15) is 17.1 Å². The number of aryl methyl sites for hydroxylation is 1. The first-order chi connectivity index (χ1) is 13.6. The first-order valence-corrected chi connectivity index (χ1v) is 9.78. The summed E-state index contributed by atoms with van der Waals surface area (Å²) in [6.45, 7) is 4.29. The molecule has 0 fully saturated rings. The molecule has 0 aliphatic carbocycles. The van der Waals surface area contributed by atoms with Gasteiger partial charge in [0, 0.05) is 0 Å². The van der Waals surface area contributed by atoms with Crippen molar-refractivity contribution in [3.8, 4) is 11.5 Å². The van der Waals surface area contributed by atoms with Crippen molar-refractivity contribution in [1.29, 1.82) is 0 Å². The van der Waals surface area contributed by atoms with Crippen LogP contribution in [-0.4, -0.2) is 19.2 Å². The van der Waals surface area contributed by atoms with E-state index in [0.29, 0.717) is 5.75 Å². The van der Waals surface area contributed by atoms with Crippen LogP contribution in [0.4, 0.5) is 4.79 Å². The Bertz CT molecular complexity index is 797. The molecular formula is C23H28O5. The van der Waals surface area contributed by atoms with Crippen molar-refractivity contribution in [3.63, 3.8) is 0 Å². The normalized spacial score (nSPS) is 10.4. The third-order valence-corrected chi connectivity index (χ3v) is 4.49. The second kappa shape index (κ2) is 11.1. The van der Waals surface area contributed by atoms with Crippen LogP contribution in [0.3, 0.4) is 0 Å². The van der Waals surface area contributed by atoms with E-state index in [-0.39, 0.29) is 11.3 Å². The number of para-hydroxylation sites is 1. The van der Waals surface area contributed by atoms with Gasteiger partial charge in [0.25, 0.3) is 0 Å². The van der Waals surface area contributed by atoms with Crippen LogP contribution in [0.5, 0.6) is 11.5 Å². The molecule has 0 aliphatic rings. The summed E-state index contributed by atoms with van der Waals surface area (Å²) in [4.78, 5) is 24.2. The third-order valence-electron chi connectivity index (χ3n) is 4.49. The van der Waals surface area contributed by atoms with E-state index in [2.05, 4.69) is 19.9 Å². The molecule has 0 spiro atoms. The molecule has 0 radical (unpaired) electrons. The first kappa shape index (κ1) is 21.5. The number of esters is 1. The molecule has 150 valence electrons. The van der Waals surface area contributed by atoms with Gasteiger partial charge in [-0.25, -0.2) is 9.59 Å². The van der Waals surface area contributed by atoms with Crippen LogP contribution in [0.1, 0.15) is 61.0 Å². The molecule has 2 rings (SSSR count). The highest BCUT2D eigenvalue weighted by Gasteiger charge is 2.18. The Morgan fingerprint density at radius 3 is 2.18 bits per heavy atom. The smallest absolute Gasteiger partial charge is 0.465 e. The Morgan fingerprint density at radius 1 is 0.821 bits per heavy atom. The van der Waals surface area contributed by atoms with E-state index >= 15 is 0 Å². The molecule has 5 heteroatoms. The van der Waals surface area contributed by atoms with Crippen LogP contribution in [0.25, 0.3) is 0 Å². The molecule has 0 heterocycles. The maximum absolute atomic E-state index is 12.4. The van der Waals surface area contributed by atoms with E-state index in [1.807, 2.05) is 6.07 Å². The quantitative estimate of drug-likeness (QED) is 0.408. The van der Waals surface area contributed by atoms with Crippen LogP contribution < -0.4 is 9.47 Å². The minimum absolute atomic E-state index is 0.108. The number of unbranched alkanes of at least 4 members (excludes halogenated alkanes) is 2. The fourth-order valence-corrected chi connectivity index (χ4v) is 2.98. The molecule has 28 heavy (non-hydrogen) atoms. The lowest BCUT2D eigenvalue weighted by atomic mass is 9.97. The second-order valence-electron chi connectivity index (χ2n) is 6.54. The molecule has 0 amide bonds. The van der Waals surface area contributed by atoms with Crippen molar-refractivity contribution in [3.05, 3.63) is 59.2 Å². The molecule has 0 atom stereocenters. The second-order valence-corrected chi connectivity index (χ2v) is 6.54. The van der Waals surface area contributed by atoms with Gasteiger partial charge in [-0.05, 0) is 55.0 Å². The maximum atomic E-state index is 12.4. The van der Waals surface area contributed by atoms with Gasteiger partial charge in [-0.2, -0.15) is 0 Å². The Labute approximate surface area is 166 Å². The van der Waals surface area contributed by atoms with Crippen molar-refractivity contribution in [2.75, 3.05) is 7.11 Å². The van der Waals surface area contributed by atoms with Crippen LogP contribution in [0, 0.1) is 0 Å². The lowest BCUT2D eigenvalue weighted by Gasteiger charge is -2.15. The predicted molar refractivity (Wildman–Crippen MR) is 108 cm³/mol. The summed E-state index contributed by atoms with van der Waals surface area (Å²) < 4.78 is 15.5. The highest BCUT2D eigenvalue weighted by atomic mass is 16.7. The molecule has 0 saturated carbocycles. The van der Waals surface area contributed by atoms with E-state index in [0.717, 1.165) is 44.1 Å². The first-order valence-electron chi connectivity index (χ1n) is 9.78. The molecule has 0 N–H and O–H groups in total. The van der Waals surface area contributed by atoms with Gasteiger partial charge in [-0.15, -0.1) is 0 Å². The van der Waals surface area contributed by atoms with E-state index in [4.69, 9.17) is 14.2 Å². The SMILES string of the molecule is CCCCc1cccc(OC(=O)Oc2ccccc2C(=O)OC)c1CCCC. The predicted octanol–water partition coefficient (Wildman–Crippen LogP) is 5.74. The van der Waals surface area contributed by atoms with Crippen molar-refractivity contribution < 1.29 is 23.8 Å². The Morgan fingerprint density at radius 2 is 1.46 bits per heavy atom. The zero-order chi connectivity index (χ0) is 20.4. The molecule has 0 unspecified atom stereocenters. The average molecular weight is 384 g/mol. The number of hydrogen-bond acceptors (Lipinski definition) is 5. The number of benzene rings is 2. The number of rotatable bonds is 9. The Balaban J connectivity index is 2.20.